The summed E-state index contributed by atoms with van der Waals surface area (Å²) in [6.07, 6.45) is 11.3. The van der Waals surface area contributed by atoms with Gasteiger partial charge in [-0.05, 0) is 68.0 Å². The second kappa shape index (κ2) is 8.61. The zero-order valence-corrected chi connectivity index (χ0v) is 16.2. The SMILES string of the molecule is NC(=O)c1ccc(N2CCC(C3CCN(CC=Cc4ccco4)C3)CC2)nc1. The number of primary amides is 1. The van der Waals surface area contributed by atoms with Gasteiger partial charge in [0.15, 0.2) is 0 Å². The molecular formula is C22H28N4O2. The Morgan fingerprint density at radius 1 is 1.18 bits per heavy atom. The van der Waals surface area contributed by atoms with E-state index in [0.717, 1.165) is 43.0 Å². The van der Waals surface area contributed by atoms with Gasteiger partial charge in [0.25, 0.3) is 0 Å². The third-order valence-corrected chi connectivity index (χ3v) is 6.06. The number of furan rings is 1. The zero-order chi connectivity index (χ0) is 19.3. The first kappa shape index (κ1) is 18.7. The van der Waals surface area contributed by atoms with E-state index in [0.29, 0.717) is 5.56 Å². The van der Waals surface area contributed by atoms with Crippen LogP contribution in [0.4, 0.5) is 5.82 Å². The lowest BCUT2D eigenvalue weighted by Crippen LogP contribution is -2.37. The fourth-order valence-electron chi connectivity index (χ4n) is 4.44. The highest BCUT2D eigenvalue weighted by molar-refractivity contribution is 5.92. The lowest BCUT2D eigenvalue weighted by molar-refractivity contribution is 0.1000. The number of carbonyl (C=O) groups is 1. The summed E-state index contributed by atoms with van der Waals surface area (Å²) in [7, 11) is 0. The van der Waals surface area contributed by atoms with Gasteiger partial charge in [-0.1, -0.05) is 6.08 Å². The van der Waals surface area contributed by atoms with Crippen molar-refractivity contribution in [2.75, 3.05) is 37.6 Å². The van der Waals surface area contributed by atoms with E-state index in [2.05, 4.69) is 26.9 Å². The van der Waals surface area contributed by atoms with E-state index in [4.69, 9.17) is 10.2 Å². The average Bonchev–Trinajstić information content (AvgIpc) is 3.41. The van der Waals surface area contributed by atoms with Gasteiger partial charge in [-0.2, -0.15) is 0 Å². The minimum Gasteiger partial charge on any atom is -0.465 e. The number of hydrogen-bond acceptors (Lipinski definition) is 5. The Bertz CT molecular complexity index is 792. The molecule has 6 nitrogen and oxygen atoms in total. The summed E-state index contributed by atoms with van der Waals surface area (Å²) in [6, 6.07) is 7.57. The summed E-state index contributed by atoms with van der Waals surface area (Å²) < 4.78 is 5.34. The minimum atomic E-state index is -0.428. The summed E-state index contributed by atoms with van der Waals surface area (Å²) in [4.78, 5) is 20.5. The highest BCUT2D eigenvalue weighted by atomic mass is 16.3. The molecule has 2 aliphatic heterocycles. The predicted molar refractivity (Wildman–Crippen MR) is 110 cm³/mol. The van der Waals surface area contributed by atoms with Crippen LogP contribution in [0.25, 0.3) is 6.08 Å². The Hall–Kier alpha value is -2.60. The number of pyridine rings is 1. The van der Waals surface area contributed by atoms with E-state index in [-0.39, 0.29) is 0 Å². The molecule has 4 heterocycles. The Morgan fingerprint density at radius 3 is 2.68 bits per heavy atom. The maximum Gasteiger partial charge on any atom is 0.250 e. The molecule has 0 aliphatic carbocycles. The smallest absolute Gasteiger partial charge is 0.250 e. The first-order chi connectivity index (χ1) is 13.7. The van der Waals surface area contributed by atoms with Crippen LogP contribution in [0.2, 0.25) is 0 Å². The Morgan fingerprint density at radius 2 is 2.00 bits per heavy atom. The summed E-state index contributed by atoms with van der Waals surface area (Å²) in [5.41, 5.74) is 5.75. The number of amides is 1. The van der Waals surface area contributed by atoms with Crippen LogP contribution in [0.5, 0.6) is 0 Å². The van der Waals surface area contributed by atoms with Crippen LogP contribution in [0.3, 0.4) is 0 Å². The summed E-state index contributed by atoms with van der Waals surface area (Å²) >= 11 is 0. The van der Waals surface area contributed by atoms with Gasteiger partial charge < -0.3 is 15.1 Å². The van der Waals surface area contributed by atoms with Crippen LogP contribution in [0.1, 0.15) is 35.4 Å². The lowest BCUT2D eigenvalue weighted by atomic mass is 9.84. The summed E-state index contributed by atoms with van der Waals surface area (Å²) in [6.45, 7) is 5.43. The minimum absolute atomic E-state index is 0.428. The molecular weight excluding hydrogens is 352 g/mol. The van der Waals surface area contributed by atoms with Crippen molar-refractivity contribution in [1.29, 1.82) is 0 Å². The van der Waals surface area contributed by atoms with E-state index >= 15 is 0 Å². The molecule has 0 aromatic carbocycles. The van der Waals surface area contributed by atoms with Gasteiger partial charge >= 0.3 is 0 Å². The molecule has 4 rings (SSSR count). The fraction of sp³-hybridized carbons (Fsp3) is 0.455. The normalized spacial score (nSPS) is 21.6. The van der Waals surface area contributed by atoms with E-state index in [1.807, 2.05) is 18.2 Å². The molecule has 0 bridgehead atoms. The molecule has 1 amide bonds. The molecule has 148 valence electrons. The molecule has 6 heteroatoms. The van der Waals surface area contributed by atoms with Gasteiger partial charge in [0.1, 0.15) is 11.6 Å². The second-order valence-corrected chi connectivity index (χ2v) is 7.82. The Kier molecular flexibility index (Phi) is 5.76. The second-order valence-electron chi connectivity index (χ2n) is 7.82. The van der Waals surface area contributed by atoms with Crippen LogP contribution in [-0.2, 0) is 0 Å². The zero-order valence-electron chi connectivity index (χ0n) is 16.2. The third-order valence-electron chi connectivity index (χ3n) is 6.06. The van der Waals surface area contributed by atoms with Crippen molar-refractivity contribution in [2.24, 2.45) is 17.6 Å². The van der Waals surface area contributed by atoms with Crippen LogP contribution >= 0.6 is 0 Å². The van der Waals surface area contributed by atoms with E-state index in [9.17, 15) is 4.79 Å². The van der Waals surface area contributed by atoms with E-state index < -0.39 is 5.91 Å². The maximum atomic E-state index is 11.2. The Balaban J connectivity index is 1.23. The number of aromatic nitrogens is 1. The molecule has 1 atom stereocenters. The molecule has 2 aromatic rings. The largest absolute Gasteiger partial charge is 0.465 e. The van der Waals surface area contributed by atoms with Gasteiger partial charge in [-0.3, -0.25) is 9.69 Å². The molecule has 2 fully saturated rings. The topological polar surface area (TPSA) is 75.6 Å². The number of piperidine rings is 1. The number of carbonyl (C=O) groups excluding carboxylic acids is 1. The van der Waals surface area contributed by atoms with Crippen LogP contribution < -0.4 is 10.6 Å². The van der Waals surface area contributed by atoms with E-state index in [1.165, 1.54) is 32.4 Å². The van der Waals surface area contributed by atoms with Crippen LogP contribution in [0.15, 0.2) is 47.2 Å². The number of nitrogens with zero attached hydrogens (tertiary/aromatic N) is 3. The number of nitrogens with two attached hydrogens (primary N) is 1. The summed E-state index contributed by atoms with van der Waals surface area (Å²) in [5, 5.41) is 0. The van der Waals surface area contributed by atoms with Crippen molar-refractivity contribution in [1.82, 2.24) is 9.88 Å². The highest BCUT2D eigenvalue weighted by Gasteiger charge is 2.31. The standard InChI is InChI=1S/C22H28N4O2/c23-22(27)18-5-6-21(24-15-18)26-12-8-17(9-13-26)19-7-11-25(16-19)10-1-3-20-4-2-14-28-20/h1-6,14-15,17,19H,7-13,16H2,(H2,23,27). The Labute approximate surface area is 166 Å². The van der Waals surface area contributed by atoms with Gasteiger partial charge in [0, 0.05) is 32.4 Å². The van der Waals surface area contributed by atoms with Gasteiger partial charge in [-0.25, -0.2) is 4.98 Å². The number of rotatable bonds is 6. The monoisotopic (exact) mass is 380 g/mol. The van der Waals surface area contributed by atoms with Crippen molar-refractivity contribution >= 4 is 17.8 Å². The quantitative estimate of drug-likeness (QED) is 0.834. The van der Waals surface area contributed by atoms with Crippen molar-refractivity contribution in [2.45, 2.75) is 19.3 Å². The number of likely N-dealkylation sites (tertiary alicyclic amines) is 1. The number of anilines is 1. The van der Waals surface area contributed by atoms with Gasteiger partial charge in [0.2, 0.25) is 5.91 Å². The van der Waals surface area contributed by atoms with Crippen LogP contribution in [0, 0.1) is 11.8 Å². The molecule has 2 aliphatic rings. The van der Waals surface area contributed by atoms with Crippen molar-refractivity contribution in [3.63, 3.8) is 0 Å². The van der Waals surface area contributed by atoms with Crippen LogP contribution in [-0.4, -0.2) is 48.5 Å². The molecule has 2 N–H and O–H groups in total. The van der Waals surface area contributed by atoms with Crippen molar-refractivity contribution < 1.29 is 9.21 Å². The number of hydrogen-bond donors (Lipinski definition) is 1. The molecule has 0 radical (unpaired) electrons. The molecule has 28 heavy (non-hydrogen) atoms. The third kappa shape index (κ3) is 4.44. The molecule has 2 saturated heterocycles. The molecule has 2 aromatic heterocycles. The molecule has 0 saturated carbocycles. The maximum absolute atomic E-state index is 11.2. The van der Waals surface area contributed by atoms with Gasteiger partial charge in [0.05, 0.1) is 11.8 Å². The molecule has 0 spiro atoms. The van der Waals surface area contributed by atoms with Crippen molar-refractivity contribution in [3.05, 3.63) is 54.1 Å². The average molecular weight is 380 g/mol. The van der Waals surface area contributed by atoms with E-state index in [1.54, 1.807) is 18.5 Å². The summed E-state index contributed by atoms with van der Waals surface area (Å²) in [5.74, 6) is 3.02. The first-order valence-corrected chi connectivity index (χ1v) is 10.1. The molecule has 1 unspecified atom stereocenters. The first-order valence-electron chi connectivity index (χ1n) is 10.1. The fourth-order valence-corrected chi connectivity index (χ4v) is 4.44. The highest BCUT2D eigenvalue weighted by Crippen LogP contribution is 2.33. The van der Waals surface area contributed by atoms with Crippen molar-refractivity contribution in [3.8, 4) is 0 Å². The van der Waals surface area contributed by atoms with Gasteiger partial charge in [-0.15, -0.1) is 0 Å². The lowest BCUT2D eigenvalue weighted by Gasteiger charge is -2.35. The predicted octanol–water partition coefficient (Wildman–Crippen LogP) is 3.03.